The Morgan fingerprint density at radius 1 is 1.32 bits per heavy atom. The van der Waals surface area contributed by atoms with Crippen LogP contribution >= 0.6 is 68.0 Å². The molecule has 0 saturated heterocycles. The van der Waals surface area contributed by atoms with Crippen LogP contribution in [0, 0.1) is 0 Å². The molecule has 0 aliphatic carbocycles. The zero-order valence-corrected chi connectivity index (χ0v) is 20.9. The molecule has 0 aromatic heterocycles. The van der Waals surface area contributed by atoms with Crippen molar-refractivity contribution in [3.05, 3.63) is 35.4 Å². The monoisotopic (exact) mass is 733 g/mol. The number of alkyl halides is 2. The Balaban J connectivity index is 3.58. The lowest BCUT2D eigenvalue weighted by molar-refractivity contribution is -0.135. The number of nitrogens with one attached hydrogen (secondary N) is 1. The second kappa shape index (κ2) is 10.6. The molecular formula is C15H18I3N3O7. The van der Waals surface area contributed by atoms with Gasteiger partial charge in [-0.15, -0.1) is 0 Å². The SMILES string of the molecule is COCC(=O)NC(C(O)I)(N(I)C(=O)c1ccccc1C(N)=O)C(O)(I)CO. The van der Waals surface area contributed by atoms with Crippen molar-refractivity contribution in [1.82, 2.24) is 8.43 Å². The van der Waals surface area contributed by atoms with Gasteiger partial charge in [0.2, 0.25) is 17.5 Å². The van der Waals surface area contributed by atoms with Gasteiger partial charge < -0.3 is 31.1 Å². The third-order valence-corrected chi connectivity index (χ3v) is 6.92. The van der Waals surface area contributed by atoms with Gasteiger partial charge >= 0.3 is 0 Å². The van der Waals surface area contributed by atoms with E-state index in [1.165, 1.54) is 99.4 Å². The molecule has 1 aromatic carbocycles. The van der Waals surface area contributed by atoms with Crippen LogP contribution in [0.1, 0.15) is 20.7 Å². The molecule has 28 heavy (non-hydrogen) atoms. The number of aliphatic hydroxyl groups is 3. The van der Waals surface area contributed by atoms with Crippen LogP contribution in [0.3, 0.4) is 0 Å². The standard InChI is InChI=1S/C15H18I3N3O7/c1-28-6-10(23)20-15(13(16)26,14(17,27)7-22)21(18)12(25)9-5-3-2-4-8(9)11(19)24/h2-5,13,22,26-27H,6-7H2,1H3,(H2,19,24)(H,20,23). The molecule has 3 amide bonds. The van der Waals surface area contributed by atoms with E-state index < -0.39 is 44.3 Å². The molecule has 3 atom stereocenters. The molecule has 0 bridgehead atoms. The van der Waals surface area contributed by atoms with Crippen LogP contribution in [-0.4, -0.2) is 69.9 Å². The number of ether oxygens (including phenoxy) is 1. The van der Waals surface area contributed by atoms with Gasteiger partial charge in [-0.05, 0) is 57.3 Å². The molecule has 0 fully saturated rings. The first kappa shape index (κ1) is 25.7. The van der Waals surface area contributed by atoms with Gasteiger partial charge in [-0.3, -0.25) is 14.4 Å². The van der Waals surface area contributed by atoms with Crippen molar-refractivity contribution in [3.8, 4) is 0 Å². The van der Waals surface area contributed by atoms with E-state index in [9.17, 15) is 29.7 Å². The van der Waals surface area contributed by atoms with E-state index in [0.717, 1.165) is 3.11 Å². The van der Waals surface area contributed by atoms with Crippen molar-refractivity contribution in [2.75, 3.05) is 20.3 Å². The zero-order chi connectivity index (χ0) is 21.7. The fourth-order valence-electron chi connectivity index (χ4n) is 2.28. The van der Waals surface area contributed by atoms with Crippen molar-refractivity contribution in [1.29, 1.82) is 0 Å². The number of benzene rings is 1. The number of carbonyl (C=O) groups is 3. The van der Waals surface area contributed by atoms with Crippen molar-refractivity contribution in [2.24, 2.45) is 5.73 Å². The second-order valence-corrected chi connectivity index (χ2v) is 9.43. The summed E-state index contributed by atoms with van der Waals surface area (Å²) in [5, 5.41) is 33.3. The van der Waals surface area contributed by atoms with Crippen LogP contribution in [0.2, 0.25) is 0 Å². The fourth-order valence-corrected chi connectivity index (χ4v) is 6.54. The highest BCUT2D eigenvalue weighted by atomic mass is 127. The number of nitrogens with zero attached hydrogens (tertiary/aromatic N) is 1. The van der Waals surface area contributed by atoms with E-state index in [1.54, 1.807) is 0 Å². The van der Waals surface area contributed by atoms with E-state index in [-0.39, 0.29) is 11.1 Å². The topological polar surface area (TPSA) is 162 Å². The molecule has 0 saturated carbocycles. The fraction of sp³-hybridized carbons (Fsp3) is 0.400. The third-order valence-electron chi connectivity index (χ3n) is 3.65. The predicted octanol–water partition coefficient (Wildman–Crippen LogP) is -0.0941. The molecule has 0 radical (unpaired) electrons. The normalized spacial score (nSPS) is 16.4. The number of methoxy groups -OCH3 is 1. The third kappa shape index (κ3) is 5.22. The number of hydrogen-bond acceptors (Lipinski definition) is 7. The Hall–Kier alpha value is -0.340. The van der Waals surface area contributed by atoms with Crippen LogP contribution in [0.15, 0.2) is 24.3 Å². The van der Waals surface area contributed by atoms with Crippen molar-refractivity contribution in [2.45, 2.75) is 13.4 Å². The number of hydrogen-bond donors (Lipinski definition) is 5. The Kier molecular flexibility index (Phi) is 9.74. The lowest BCUT2D eigenvalue weighted by Gasteiger charge is -2.48. The summed E-state index contributed by atoms with van der Waals surface area (Å²) >= 11 is 4.39. The molecule has 10 nitrogen and oxygen atoms in total. The maximum absolute atomic E-state index is 13.1. The summed E-state index contributed by atoms with van der Waals surface area (Å²) in [7, 11) is 1.26. The highest BCUT2D eigenvalue weighted by molar-refractivity contribution is 14.1. The van der Waals surface area contributed by atoms with Crippen LogP contribution < -0.4 is 11.1 Å². The van der Waals surface area contributed by atoms with Crippen molar-refractivity contribution >= 4 is 85.8 Å². The number of rotatable bonds is 9. The smallest absolute Gasteiger partial charge is 0.265 e. The lowest BCUT2D eigenvalue weighted by atomic mass is 10.0. The number of aliphatic hydroxyl groups excluding tert-OH is 2. The molecule has 13 heteroatoms. The first-order chi connectivity index (χ1) is 13.0. The average Bonchev–Trinajstić information content (AvgIpc) is 2.64. The van der Waals surface area contributed by atoms with Gasteiger partial charge in [0, 0.05) is 7.11 Å². The molecule has 1 rings (SSSR count). The summed E-state index contributed by atoms with van der Waals surface area (Å²) in [5.41, 5.74) is 2.92. The van der Waals surface area contributed by atoms with Gasteiger partial charge in [-0.25, -0.2) is 3.11 Å². The molecule has 0 spiro atoms. The minimum Gasteiger partial charge on any atom is -0.392 e. The summed E-state index contributed by atoms with van der Waals surface area (Å²) in [5.74, 6) is -2.46. The van der Waals surface area contributed by atoms with E-state index in [0.29, 0.717) is 0 Å². The van der Waals surface area contributed by atoms with Gasteiger partial charge in [0.05, 0.1) is 40.6 Å². The van der Waals surface area contributed by atoms with Crippen LogP contribution in [0.25, 0.3) is 0 Å². The summed E-state index contributed by atoms with van der Waals surface area (Å²) in [4.78, 5) is 37.0. The van der Waals surface area contributed by atoms with Crippen LogP contribution in [0.5, 0.6) is 0 Å². The quantitative estimate of drug-likeness (QED) is 0.103. The summed E-state index contributed by atoms with van der Waals surface area (Å²) in [6.07, 6.45) is 0. The van der Waals surface area contributed by atoms with E-state index >= 15 is 0 Å². The molecule has 3 unspecified atom stereocenters. The maximum Gasteiger partial charge on any atom is 0.265 e. The van der Waals surface area contributed by atoms with Crippen molar-refractivity contribution < 1.29 is 34.4 Å². The van der Waals surface area contributed by atoms with Gasteiger partial charge in [0.15, 0.2) is 7.72 Å². The van der Waals surface area contributed by atoms with E-state index in [2.05, 4.69) is 5.32 Å². The summed E-state index contributed by atoms with van der Waals surface area (Å²) in [6, 6.07) is 5.68. The van der Waals surface area contributed by atoms with Gasteiger partial charge in [0.1, 0.15) is 6.61 Å². The van der Waals surface area contributed by atoms with Crippen LogP contribution in [0.4, 0.5) is 0 Å². The zero-order valence-electron chi connectivity index (χ0n) is 14.4. The van der Waals surface area contributed by atoms with E-state index in [1.807, 2.05) is 0 Å². The highest BCUT2D eigenvalue weighted by Crippen LogP contribution is 2.41. The largest absolute Gasteiger partial charge is 0.392 e. The predicted molar refractivity (Wildman–Crippen MR) is 124 cm³/mol. The number of primary amides is 1. The first-order valence-electron chi connectivity index (χ1n) is 7.49. The lowest BCUT2D eigenvalue weighted by Crippen LogP contribution is -2.75. The highest BCUT2D eigenvalue weighted by Gasteiger charge is 2.60. The van der Waals surface area contributed by atoms with Gasteiger partial charge in [0.25, 0.3) is 5.91 Å². The Labute approximate surface area is 201 Å². The second-order valence-electron chi connectivity index (χ2n) is 5.50. The van der Waals surface area contributed by atoms with Crippen molar-refractivity contribution in [3.63, 3.8) is 0 Å². The summed E-state index contributed by atoms with van der Waals surface area (Å²) in [6.45, 7) is -1.36. The van der Waals surface area contributed by atoms with Crippen LogP contribution in [-0.2, 0) is 9.53 Å². The van der Waals surface area contributed by atoms with Gasteiger partial charge in [-0.2, -0.15) is 0 Å². The summed E-state index contributed by atoms with van der Waals surface area (Å²) < 4.78 is 1.76. The Morgan fingerprint density at radius 2 is 1.86 bits per heavy atom. The average molecular weight is 733 g/mol. The molecule has 0 aliphatic heterocycles. The minimum absolute atomic E-state index is 0.0878. The Bertz CT molecular complexity index is 747. The molecule has 0 heterocycles. The molecule has 1 aromatic rings. The number of nitrogens with two attached hydrogens (primary N) is 1. The number of carbonyl (C=O) groups excluding carboxylic acids is 3. The molecular weight excluding hydrogens is 715 g/mol. The van der Waals surface area contributed by atoms with E-state index in [4.69, 9.17) is 10.5 Å². The maximum atomic E-state index is 13.1. The Morgan fingerprint density at radius 3 is 2.29 bits per heavy atom. The molecule has 156 valence electrons. The number of amides is 3. The minimum atomic E-state index is -2.21. The number of halogens is 3. The molecule has 6 N–H and O–H groups in total. The first-order valence-corrected chi connectivity index (χ1v) is 10.8. The van der Waals surface area contributed by atoms with Gasteiger partial charge in [-0.1, -0.05) is 12.1 Å². The molecule has 0 aliphatic rings.